The van der Waals surface area contributed by atoms with Crippen molar-refractivity contribution in [3.63, 3.8) is 0 Å². The number of ether oxygens (including phenoxy) is 1. The summed E-state index contributed by atoms with van der Waals surface area (Å²) in [5.74, 6) is -0.0743. The summed E-state index contributed by atoms with van der Waals surface area (Å²) in [6, 6.07) is 10.2. The van der Waals surface area contributed by atoms with Crippen LogP contribution in [0.25, 0.3) is 0 Å². The second-order valence-corrected chi connectivity index (χ2v) is 8.98. The highest BCUT2D eigenvalue weighted by molar-refractivity contribution is 9.10. The van der Waals surface area contributed by atoms with Crippen molar-refractivity contribution in [3.05, 3.63) is 52.5 Å². The summed E-state index contributed by atoms with van der Waals surface area (Å²) < 4.78 is 28.8. The van der Waals surface area contributed by atoms with E-state index in [-0.39, 0.29) is 16.4 Å². The molecule has 1 heterocycles. The molecule has 2 aromatic rings. The molecule has 1 saturated heterocycles. The topological polar surface area (TPSA) is 119 Å². The first kappa shape index (κ1) is 21.3. The van der Waals surface area contributed by atoms with Crippen molar-refractivity contribution in [2.24, 2.45) is 5.14 Å². The van der Waals surface area contributed by atoms with Gasteiger partial charge in [-0.25, -0.2) is 13.6 Å². The van der Waals surface area contributed by atoms with Crippen LogP contribution in [0, 0.1) is 0 Å². The molecular weight excluding hydrogens is 462 g/mol. The van der Waals surface area contributed by atoms with Gasteiger partial charge in [0.2, 0.25) is 15.9 Å². The zero-order valence-corrected chi connectivity index (χ0v) is 18.0. The van der Waals surface area contributed by atoms with Crippen molar-refractivity contribution in [2.45, 2.75) is 23.8 Å². The van der Waals surface area contributed by atoms with Gasteiger partial charge in [-0.1, -0.05) is 0 Å². The van der Waals surface area contributed by atoms with E-state index in [4.69, 9.17) is 9.88 Å². The molecule has 1 fully saturated rings. The molecule has 3 N–H and O–H groups in total. The van der Waals surface area contributed by atoms with E-state index in [1.807, 2.05) is 0 Å². The number of nitrogens with one attached hydrogen (secondary N) is 1. The van der Waals surface area contributed by atoms with E-state index >= 15 is 0 Å². The predicted molar refractivity (Wildman–Crippen MR) is 111 cm³/mol. The molecule has 0 bridgehead atoms. The summed E-state index contributed by atoms with van der Waals surface area (Å²) in [5.41, 5.74) is 0.730. The average Bonchev–Trinajstić information content (AvgIpc) is 3.17. The van der Waals surface area contributed by atoms with Gasteiger partial charge < -0.3 is 15.0 Å². The van der Waals surface area contributed by atoms with Crippen LogP contribution in [0.4, 0.5) is 5.69 Å². The number of halogens is 1. The quantitative estimate of drug-likeness (QED) is 0.678. The van der Waals surface area contributed by atoms with Gasteiger partial charge in [0.05, 0.1) is 17.6 Å². The first-order chi connectivity index (χ1) is 13.7. The molecule has 1 aliphatic rings. The molecule has 10 heteroatoms. The van der Waals surface area contributed by atoms with E-state index in [1.54, 1.807) is 31.4 Å². The van der Waals surface area contributed by atoms with E-state index < -0.39 is 22.0 Å². The zero-order valence-electron chi connectivity index (χ0n) is 15.6. The summed E-state index contributed by atoms with van der Waals surface area (Å²) in [5, 5.41) is 7.98. The van der Waals surface area contributed by atoms with E-state index in [1.165, 1.54) is 23.1 Å². The molecule has 0 radical (unpaired) electrons. The molecule has 2 aromatic carbocycles. The number of hydrogen-bond acceptors (Lipinski definition) is 5. The van der Waals surface area contributed by atoms with Gasteiger partial charge in [-0.3, -0.25) is 9.59 Å². The molecule has 1 unspecified atom stereocenters. The third kappa shape index (κ3) is 4.77. The molecule has 8 nitrogen and oxygen atoms in total. The van der Waals surface area contributed by atoms with Crippen LogP contribution in [0.2, 0.25) is 0 Å². The highest BCUT2D eigenvalue weighted by Crippen LogP contribution is 2.27. The average molecular weight is 482 g/mol. The maximum absolute atomic E-state index is 13.1. The number of carbonyl (C=O) groups is 2. The van der Waals surface area contributed by atoms with Gasteiger partial charge in [0.1, 0.15) is 11.8 Å². The lowest BCUT2D eigenvalue weighted by Crippen LogP contribution is -2.43. The molecule has 0 aliphatic carbocycles. The Morgan fingerprint density at radius 3 is 2.52 bits per heavy atom. The van der Waals surface area contributed by atoms with Gasteiger partial charge in [0.25, 0.3) is 5.91 Å². The largest absolute Gasteiger partial charge is 0.497 e. The maximum atomic E-state index is 13.1. The van der Waals surface area contributed by atoms with Crippen molar-refractivity contribution in [1.82, 2.24) is 4.90 Å². The number of sulfonamides is 1. The number of methoxy groups -OCH3 is 1. The lowest BCUT2D eigenvalue weighted by molar-refractivity contribution is -0.119. The van der Waals surface area contributed by atoms with Crippen LogP contribution in [0.15, 0.2) is 51.8 Å². The zero-order chi connectivity index (χ0) is 21.2. The van der Waals surface area contributed by atoms with E-state index in [9.17, 15) is 18.0 Å². The fraction of sp³-hybridized carbons (Fsp3) is 0.263. The standard InChI is InChI=1S/C19H20BrN3O5S/c1-28-13-6-4-12(5-7-13)22-18(24)17-3-2-10-23(17)19(25)15-11-14(29(21,26)27)8-9-16(15)20/h4-9,11,17H,2-3,10H2,1H3,(H,22,24)(H2,21,26,27). The van der Waals surface area contributed by atoms with E-state index in [0.29, 0.717) is 35.3 Å². The SMILES string of the molecule is COc1ccc(NC(=O)C2CCCN2C(=O)c2cc(S(N)(=O)=O)ccc2Br)cc1. The van der Waals surface area contributed by atoms with Gasteiger partial charge in [0, 0.05) is 16.7 Å². The number of amides is 2. The number of nitrogens with zero attached hydrogens (tertiary/aromatic N) is 1. The minimum atomic E-state index is -3.96. The summed E-state index contributed by atoms with van der Waals surface area (Å²) in [4.78, 5) is 27.1. The number of anilines is 1. The minimum Gasteiger partial charge on any atom is -0.497 e. The number of hydrogen-bond donors (Lipinski definition) is 2. The van der Waals surface area contributed by atoms with Crippen LogP contribution in [0.1, 0.15) is 23.2 Å². The Morgan fingerprint density at radius 1 is 1.21 bits per heavy atom. The van der Waals surface area contributed by atoms with Crippen molar-refractivity contribution < 1.29 is 22.7 Å². The van der Waals surface area contributed by atoms with Crippen molar-refractivity contribution in [1.29, 1.82) is 0 Å². The second-order valence-electron chi connectivity index (χ2n) is 6.56. The number of nitrogens with two attached hydrogens (primary N) is 1. The molecular formula is C19H20BrN3O5S. The third-order valence-electron chi connectivity index (χ3n) is 4.67. The molecule has 154 valence electrons. The van der Waals surface area contributed by atoms with Crippen molar-refractivity contribution >= 4 is 43.5 Å². The van der Waals surface area contributed by atoms with Gasteiger partial charge in [0.15, 0.2) is 0 Å². The van der Waals surface area contributed by atoms with Crippen LogP contribution in [-0.4, -0.2) is 44.8 Å². The van der Waals surface area contributed by atoms with Crippen molar-refractivity contribution in [3.8, 4) is 5.75 Å². The van der Waals surface area contributed by atoms with Gasteiger partial charge >= 0.3 is 0 Å². The maximum Gasteiger partial charge on any atom is 0.255 e. The Labute approximate surface area is 177 Å². The Balaban J connectivity index is 1.81. The van der Waals surface area contributed by atoms with Crippen molar-refractivity contribution in [2.75, 3.05) is 19.0 Å². The number of benzene rings is 2. The number of carbonyl (C=O) groups excluding carboxylic acids is 2. The molecule has 1 atom stereocenters. The fourth-order valence-electron chi connectivity index (χ4n) is 3.18. The summed E-state index contributed by atoms with van der Waals surface area (Å²) in [6.07, 6.45) is 1.18. The first-order valence-electron chi connectivity index (χ1n) is 8.79. The number of primary sulfonamides is 1. The molecule has 0 saturated carbocycles. The Morgan fingerprint density at radius 2 is 1.90 bits per heavy atom. The second kappa shape index (κ2) is 8.52. The highest BCUT2D eigenvalue weighted by Gasteiger charge is 2.35. The molecule has 29 heavy (non-hydrogen) atoms. The molecule has 0 aromatic heterocycles. The van der Waals surface area contributed by atoms with Gasteiger partial charge in [-0.15, -0.1) is 0 Å². The fourth-order valence-corrected chi connectivity index (χ4v) is 4.14. The number of rotatable bonds is 5. The third-order valence-corrected chi connectivity index (χ3v) is 6.27. The van der Waals surface area contributed by atoms with E-state index in [2.05, 4.69) is 21.2 Å². The van der Waals surface area contributed by atoms with Crippen LogP contribution in [0.3, 0.4) is 0 Å². The lowest BCUT2D eigenvalue weighted by Gasteiger charge is -2.24. The molecule has 0 spiro atoms. The van der Waals surface area contributed by atoms with Crippen LogP contribution < -0.4 is 15.2 Å². The highest BCUT2D eigenvalue weighted by atomic mass is 79.9. The first-order valence-corrected chi connectivity index (χ1v) is 11.1. The Kier molecular flexibility index (Phi) is 6.25. The summed E-state index contributed by atoms with van der Waals surface area (Å²) in [7, 11) is -2.40. The van der Waals surface area contributed by atoms with Crippen LogP contribution in [-0.2, 0) is 14.8 Å². The van der Waals surface area contributed by atoms with Crippen LogP contribution in [0.5, 0.6) is 5.75 Å². The van der Waals surface area contributed by atoms with Crippen LogP contribution >= 0.6 is 15.9 Å². The summed E-state index contributed by atoms with van der Waals surface area (Å²) >= 11 is 3.27. The minimum absolute atomic E-state index is 0.140. The van der Waals surface area contributed by atoms with Gasteiger partial charge in [-0.2, -0.15) is 0 Å². The predicted octanol–water partition coefficient (Wildman–Crippen LogP) is 2.35. The molecule has 1 aliphatic heterocycles. The molecule has 2 amide bonds. The Hall–Kier alpha value is -2.43. The Bertz CT molecular complexity index is 1040. The smallest absolute Gasteiger partial charge is 0.255 e. The monoisotopic (exact) mass is 481 g/mol. The summed E-state index contributed by atoms with van der Waals surface area (Å²) in [6.45, 7) is 0.394. The lowest BCUT2D eigenvalue weighted by atomic mass is 10.1. The number of likely N-dealkylation sites (tertiary alicyclic amines) is 1. The molecule has 3 rings (SSSR count). The van der Waals surface area contributed by atoms with E-state index in [0.717, 1.165) is 0 Å². The normalized spacial score (nSPS) is 16.5. The van der Waals surface area contributed by atoms with Gasteiger partial charge in [-0.05, 0) is 71.2 Å².